The van der Waals surface area contributed by atoms with Crippen LogP contribution in [0, 0.1) is 23.7 Å². The lowest BCUT2D eigenvalue weighted by molar-refractivity contribution is -0.898. The van der Waals surface area contributed by atoms with Gasteiger partial charge in [0.05, 0.1) is 13.1 Å². The molecule has 2 rings (SSSR count). The van der Waals surface area contributed by atoms with Gasteiger partial charge >= 0.3 is 5.97 Å². The van der Waals surface area contributed by atoms with E-state index in [1.54, 1.807) is 0 Å². The minimum Gasteiger partial charge on any atom is -0.458 e. The number of likely N-dealkylation sites (tertiary alicyclic amines) is 1. The molecule has 1 N–H and O–H groups in total. The normalized spacial score (nSPS) is 37.5. The summed E-state index contributed by atoms with van der Waals surface area (Å²) in [7, 11) is 0. The molecule has 2 fully saturated rings. The van der Waals surface area contributed by atoms with E-state index < -0.39 is 0 Å². The highest BCUT2D eigenvalue weighted by atomic mass is 16.5. The van der Waals surface area contributed by atoms with Gasteiger partial charge in [0.2, 0.25) is 0 Å². The second kappa shape index (κ2) is 7.62. The lowest BCUT2D eigenvalue weighted by Crippen LogP contribution is -3.14. The third-order valence-corrected chi connectivity index (χ3v) is 5.62. The minimum absolute atomic E-state index is 0.0318. The predicted octanol–water partition coefficient (Wildman–Crippen LogP) is 2.31. The Morgan fingerprint density at radius 1 is 1.10 bits per heavy atom. The summed E-state index contributed by atoms with van der Waals surface area (Å²) in [5.41, 5.74) is 0. The quantitative estimate of drug-likeness (QED) is 0.807. The third kappa shape index (κ3) is 4.98. The van der Waals surface area contributed by atoms with E-state index in [4.69, 9.17) is 4.74 Å². The van der Waals surface area contributed by atoms with Gasteiger partial charge in [-0.2, -0.15) is 0 Å². The molecule has 1 saturated carbocycles. The van der Waals surface area contributed by atoms with Crippen LogP contribution in [0.3, 0.4) is 0 Å². The number of hydrogen-bond acceptors (Lipinski definition) is 2. The van der Waals surface area contributed by atoms with Crippen molar-refractivity contribution < 1.29 is 14.4 Å². The molecule has 0 radical (unpaired) electrons. The Balaban J connectivity index is 1.82. The van der Waals surface area contributed by atoms with Gasteiger partial charge in [-0.15, -0.1) is 0 Å². The number of rotatable bonds is 4. The average molecular weight is 296 g/mol. The molecular weight excluding hydrogens is 262 g/mol. The van der Waals surface area contributed by atoms with Crippen LogP contribution in [-0.2, 0) is 9.53 Å². The van der Waals surface area contributed by atoms with Gasteiger partial charge < -0.3 is 9.64 Å². The number of piperidine rings is 1. The molecule has 0 aromatic carbocycles. The van der Waals surface area contributed by atoms with Crippen LogP contribution in [0.15, 0.2) is 0 Å². The minimum atomic E-state index is 0.0318. The molecule has 1 heterocycles. The van der Waals surface area contributed by atoms with Crippen molar-refractivity contribution in [3.63, 3.8) is 0 Å². The molecule has 3 nitrogen and oxygen atoms in total. The summed E-state index contributed by atoms with van der Waals surface area (Å²) in [4.78, 5) is 13.7. The van der Waals surface area contributed by atoms with Crippen molar-refractivity contribution in [2.45, 2.75) is 65.9 Å². The first-order valence-electron chi connectivity index (χ1n) is 8.98. The predicted molar refractivity (Wildman–Crippen MR) is 85.2 cm³/mol. The molecule has 0 spiro atoms. The van der Waals surface area contributed by atoms with Crippen molar-refractivity contribution in [2.24, 2.45) is 23.7 Å². The van der Waals surface area contributed by atoms with Crippen LogP contribution in [0.5, 0.6) is 0 Å². The van der Waals surface area contributed by atoms with Crippen molar-refractivity contribution in [3.05, 3.63) is 0 Å². The smallest absolute Gasteiger partial charge is 0.361 e. The Hall–Kier alpha value is -0.570. The molecule has 21 heavy (non-hydrogen) atoms. The molecule has 1 aliphatic heterocycles. The molecule has 0 aromatic heterocycles. The molecule has 3 heteroatoms. The van der Waals surface area contributed by atoms with Crippen molar-refractivity contribution in [1.29, 1.82) is 0 Å². The van der Waals surface area contributed by atoms with Crippen LogP contribution >= 0.6 is 0 Å². The van der Waals surface area contributed by atoms with E-state index >= 15 is 0 Å². The molecule has 1 aliphatic carbocycles. The van der Waals surface area contributed by atoms with E-state index in [9.17, 15) is 4.79 Å². The number of quaternary nitrogens is 1. The van der Waals surface area contributed by atoms with Gasteiger partial charge in [-0.25, -0.2) is 4.79 Å². The molecular formula is C18H34NO2+. The summed E-state index contributed by atoms with van der Waals surface area (Å²) in [5, 5.41) is 0. The van der Waals surface area contributed by atoms with E-state index in [1.807, 2.05) is 0 Å². The zero-order chi connectivity index (χ0) is 15.4. The zero-order valence-electron chi connectivity index (χ0n) is 14.4. The maximum Gasteiger partial charge on any atom is 0.361 e. The standard InChI is InChI=1S/C18H33NO2/c1-13(2)16-6-5-15(4)11-17(16)21-18(20)12-19-9-7-14(3)8-10-19/h13-17H,5-12H2,1-4H3/p+1/t15-,16+,17+/m0/s1. The van der Waals surface area contributed by atoms with E-state index in [1.165, 1.54) is 30.6 Å². The highest BCUT2D eigenvalue weighted by molar-refractivity contribution is 5.70. The zero-order valence-corrected chi connectivity index (χ0v) is 14.4. The number of esters is 1. The highest BCUT2D eigenvalue weighted by Crippen LogP contribution is 2.35. The first kappa shape index (κ1) is 16.8. The Labute approximate surface area is 130 Å². The molecule has 3 atom stereocenters. The van der Waals surface area contributed by atoms with Crippen molar-refractivity contribution in [2.75, 3.05) is 19.6 Å². The van der Waals surface area contributed by atoms with Crippen LogP contribution in [0.2, 0.25) is 0 Å². The van der Waals surface area contributed by atoms with Gasteiger partial charge in [0.15, 0.2) is 6.54 Å². The second-order valence-corrected chi connectivity index (χ2v) is 7.96. The lowest BCUT2D eigenvalue weighted by Gasteiger charge is -2.37. The van der Waals surface area contributed by atoms with Crippen molar-refractivity contribution >= 4 is 5.97 Å². The molecule has 2 aliphatic rings. The Morgan fingerprint density at radius 3 is 2.38 bits per heavy atom. The SMILES string of the molecule is CC1CC[NH+](CC(=O)O[C@@H]2C[C@@H](C)CC[C@@H]2C(C)C)CC1. The fourth-order valence-electron chi connectivity index (χ4n) is 4.01. The Bertz CT molecular complexity index is 334. The van der Waals surface area contributed by atoms with Crippen molar-refractivity contribution in [1.82, 2.24) is 0 Å². The summed E-state index contributed by atoms with van der Waals surface area (Å²) in [6.45, 7) is 12.0. The summed E-state index contributed by atoms with van der Waals surface area (Å²) >= 11 is 0. The number of carbonyl (C=O) groups excluding carboxylic acids is 1. The fraction of sp³-hybridized carbons (Fsp3) is 0.944. The maximum absolute atomic E-state index is 12.3. The highest BCUT2D eigenvalue weighted by Gasteiger charge is 2.34. The van der Waals surface area contributed by atoms with Crippen LogP contribution in [0.4, 0.5) is 0 Å². The van der Waals surface area contributed by atoms with Gasteiger partial charge in [-0.3, -0.25) is 0 Å². The summed E-state index contributed by atoms with van der Waals surface area (Å²) in [6.07, 6.45) is 6.21. The first-order valence-corrected chi connectivity index (χ1v) is 8.98. The lowest BCUT2D eigenvalue weighted by atomic mass is 9.75. The fourth-order valence-corrected chi connectivity index (χ4v) is 4.01. The largest absolute Gasteiger partial charge is 0.458 e. The van der Waals surface area contributed by atoms with Gasteiger partial charge in [-0.05, 0) is 49.4 Å². The van der Waals surface area contributed by atoms with E-state index in [-0.39, 0.29) is 12.1 Å². The summed E-state index contributed by atoms with van der Waals surface area (Å²) in [6, 6.07) is 0. The number of nitrogens with one attached hydrogen (secondary N) is 1. The number of ether oxygens (including phenoxy) is 1. The summed E-state index contributed by atoms with van der Waals surface area (Å²) in [5.74, 6) is 2.72. The number of hydrogen-bond donors (Lipinski definition) is 1. The molecule has 0 amide bonds. The Morgan fingerprint density at radius 2 is 1.76 bits per heavy atom. The van der Waals surface area contributed by atoms with Gasteiger partial charge in [0, 0.05) is 0 Å². The van der Waals surface area contributed by atoms with E-state index in [0.29, 0.717) is 24.3 Å². The van der Waals surface area contributed by atoms with Gasteiger partial charge in [0.1, 0.15) is 6.10 Å². The molecule has 122 valence electrons. The third-order valence-electron chi connectivity index (χ3n) is 5.62. The van der Waals surface area contributed by atoms with Gasteiger partial charge in [0.25, 0.3) is 0 Å². The van der Waals surface area contributed by atoms with Crippen LogP contribution < -0.4 is 4.90 Å². The average Bonchev–Trinajstić information content (AvgIpc) is 2.41. The van der Waals surface area contributed by atoms with Crippen LogP contribution in [0.1, 0.15) is 59.8 Å². The van der Waals surface area contributed by atoms with Crippen molar-refractivity contribution in [3.8, 4) is 0 Å². The van der Waals surface area contributed by atoms with Gasteiger partial charge in [-0.1, -0.05) is 34.1 Å². The molecule has 1 saturated heterocycles. The monoisotopic (exact) mass is 296 g/mol. The number of carbonyl (C=O) groups is 1. The molecule has 0 aromatic rings. The van der Waals surface area contributed by atoms with Crippen LogP contribution in [-0.4, -0.2) is 31.7 Å². The Kier molecular flexibility index (Phi) is 6.09. The maximum atomic E-state index is 12.3. The molecule has 0 unspecified atom stereocenters. The van der Waals surface area contributed by atoms with E-state index in [0.717, 1.165) is 25.4 Å². The molecule has 0 bridgehead atoms. The summed E-state index contributed by atoms with van der Waals surface area (Å²) < 4.78 is 5.91. The van der Waals surface area contributed by atoms with E-state index in [2.05, 4.69) is 27.7 Å². The topological polar surface area (TPSA) is 30.7 Å². The second-order valence-electron chi connectivity index (χ2n) is 7.96. The first-order chi connectivity index (χ1) is 9.95. The van der Waals surface area contributed by atoms with Crippen LogP contribution in [0.25, 0.3) is 0 Å².